The largest absolute Gasteiger partial charge is 0.391 e. The third-order valence-electron chi connectivity index (χ3n) is 3.93. The second-order valence-electron chi connectivity index (χ2n) is 5.91. The zero-order valence-electron chi connectivity index (χ0n) is 12.8. The van der Waals surface area contributed by atoms with Crippen LogP contribution in [0.15, 0.2) is 53.7 Å². The van der Waals surface area contributed by atoms with Gasteiger partial charge in [0.25, 0.3) is 0 Å². The first kappa shape index (κ1) is 14.8. The van der Waals surface area contributed by atoms with Crippen LogP contribution < -0.4 is 0 Å². The molecule has 1 saturated carbocycles. The van der Waals surface area contributed by atoms with Gasteiger partial charge in [0.2, 0.25) is 0 Å². The molecule has 0 spiro atoms. The van der Waals surface area contributed by atoms with Gasteiger partial charge in [-0.2, -0.15) is 0 Å². The summed E-state index contributed by atoms with van der Waals surface area (Å²) in [6.07, 6.45) is 3.31. The van der Waals surface area contributed by atoms with Gasteiger partial charge in [-0.1, -0.05) is 47.6 Å². The van der Waals surface area contributed by atoms with E-state index in [1.54, 1.807) is 19.1 Å². The average Bonchev–Trinajstić information content (AvgIpc) is 3.34. The first-order valence-electron chi connectivity index (χ1n) is 7.71. The Hall–Kier alpha value is -2.16. The number of aryl methyl sites for hydroxylation is 1. The number of oxime groups is 1. The highest BCUT2D eigenvalue weighted by molar-refractivity contribution is 6.00. The summed E-state index contributed by atoms with van der Waals surface area (Å²) in [4.78, 5) is 5.50. The second-order valence-corrected chi connectivity index (χ2v) is 5.91. The van der Waals surface area contributed by atoms with Crippen molar-refractivity contribution in [3.8, 4) is 0 Å². The fourth-order valence-electron chi connectivity index (χ4n) is 2.33. The van der Waals surface area contributed by atoms with Gasteiger partial charge < -0.3 is 4.84 Å². The van der Waals surface area contributed by atoms with Crippen molar-refractivity contribution in [3.05, 3.63) is 71.0 Å². The fraction of sp³-hybridized carbons (Fsp3) is 0.316. The molecule has 0 heterocycles. The number of hydrogen-bond acceptors (Lipinski definition) is 2. The highest BCUT2D eigenvalue weighted by Crippen LogP contribution is 2.34. The van der Waals surface area contributed by atoms with E-state index in [0.717, 1.165) is 23.3 Å². The molecule has 3 heteroatoms. The SMILES string of the molecule is Cc1ccc(/C(CC2CC2)=N/OCc2ccccc2)cc1F. The molecule has 2 aromatic rings. The molecule has 0 aromatic heterocycles. The first-order valence-corrected chi connectivity index (χ1v) is 7.71. The topological polar surface area (TPSA) is 21.6 Å². The van der Waals surface area contributed by atoms with E-state index in [1.807, 2.05) is 36.4 Å². The van der Waals surface area contributed by atoms with Gasteiger partial charge in [0.1, 0.15) is 12.4 Å². The summed E-state index contributed by atoms with van der Waals surface area (Å²) in [5.74, 6) is 0.479. The van der Waals surface area contributed by atoms with Crippen molar-refractivity contribution < 1.29 is 9.23 Å². The summed E-state index contributed by atoms with van der Waals surface area (Å²) in [6, 6.07) is 15.2. The maximum atomic E-state index is 13.8. The maximum absolute atomic E-state index is 13.8. The van der Waals surface area contributed by atoms with Crippen molar-refractivity contribution in [2.75, 3.05) is 0 Å². The number of nitrogens with zero attached hydrogens (tertiary/aromatic N) is 1. The van der Waals surface area contributed by atoms with Crippen LogP contribution in [0.25, 0.3) is 0 Å². The normalized spacial score (nSPS) is 14.9. The quantitative estimate of drug-likeness (QED) is 0.551. The minimum atomic E-state index is -0.191. The van der Waals surface area contributed by atoms with Crippen LogP contribution in [0.1, 0.15) is 36.0 Å². The zero-order chi connectivity index (χ0) is 15.4. The number of benzene rings is 2. The van der Waals surface area contributed by atoms with Crippen LogP contribution in [-0.2, 0) is 11.4 Å². The van der Waals surface area contributed by atoms with Gasteiger partial charge in [0, 0.05) is 5.56 Å². The van der Waals surface area contributed by atoms with Gasteiger partial charge in [-0.05, 0) is 49.3 Å². The third kappa shape index (κ3) is 3.94. The summed E-state index contributed by atoms with van der Waals surface area (Å²) in [7, 11) is 0. The lowest BCUT2D eigenvalue weighted by molar-refractivity contribution is 0.130. The summed E-state index contributed by atoms with van der Waals surface area (Å²) in [5.41, 5.74) is 3.40. The van der Waals surface area contributed by atoms with Crippen molar-refractivity contribution in [2.24, 2.45) is 11.1 Å². The van der Waals surface area contributed by atoms with Gasteiger partial charge in [-0.25, -0.2) is 4.39 Å². The van der Waals surface area contributed by atoms with Gasteiger partial charge in [-0.15, -0.1) is 0 Å². The summed E-state index contributed by atoms with van der Waals surface area (Å²) in [6.45, 7) is 2.20. The van der Waals surface area contributed by atoms with Crippen molar-refractivity contribution >= 4 is 5.71 Å². The van der Waals surface area contributed by atoms with E-state index in [-0.39, 0.29) is 5.82 Å². The second kappa shape index (κ2) is 6.73. The molecular formula is C19H20FNO. The molecule has 0 saturated heterocycles. The molecule has 0 N–H and O–H groups in total. The average molecular weight is 297 g/mol. The molecule has 22 heavy (non-hydrogen) atoms. The van der Waals surface area contributed by atoms with Crippen LogP contribution in [0, 0.1) is 18.7 Å². The molecule has 2 aromatic carbocycles. The molecule has 0 unspecified atom stereocenters. The zero-order valence-corrected chi connectivity index (χ0v) is 12.8. The minimum absolute atomic E-state index is 0.191. The summed E-state index contributed by atoms with van der Waals surface area (Å²) in [5, 5.41) is 4.29. The fourth-order valence-corrected chi connectivity index (χ4v) is 2.33. The molecule has 1 aliphatic rings. The molecule has 0 amide bonds. The number of rotatable bonds is 6. The van der Waals surface area contributed by atoms with E-state index in [0.29, 0.717) is 18.1 Å². The predicted molar refractivity (Wildman–Crippen MR) is 86.2 cm³/mol. The standard InChI is InChI=1S/C19H20FNO/c1-14-7-10-17(12-18(14)20)19(11-15-8-9-15)21-22-13-16-5-3-2-4-6-16/h2-7,10,12,15H,8-9,11,13H2,1H3/b21-19+. The molecule has 0 aliphatic heterocycles. The maximum Gasteiger partial charge on any atom is 0.142 e. The van der Waals surface area contributed by atoms with E-state index in [2.05, 4.69) is 5.16 Å². The van der Waals surface area contributed by atoms with Crippen molar-refractivity contribution in [3.63, 3.8) is 0 Å². The van der Waals surface area contributed by atoms with E-state index < -0.39 is 0 Å². The van der Waals surface area contributed by atoms with Crippen LogP contribution in [-0.4, -0.2) is 5.71 Å². The third-order valence-corrected chi connectivity index (χ3v) is 3.93. The van der Waals surface area contributed by atoms with E-state index >= 15 is 0 Å². The lowest BCUT2D eigenvalue weighted by Crippen LogP contribution is -2.05. The Kier molecular flexibility index (Phi) is 4.52. The van der Waals surface area contributed by atoms with Crippen LogP contribution in [0.4, 0.5) is 4.39 Å². The van der Waals surface area contributed by atoms with E-state index in [1.165, 1.54) is 12.8 Å². The highest BCUT2D eigenvalue weighted by atomic mass is 19.1. The molecule has 3 rings (SSSR count). The van der Waals surface area contributed by atoms with Crippen molar-refractivity contribution in [1.29, 1.82) is 0 Å². The Labute approximate surface area is 130 Å². The minimum Gasteiger partial charge on any atom is -0.391 e. The van der Waals surface area contributed by atoms with Crippen molar-refractivity contribution in [2.45, 2.75) is 32.8 Å². The van der Waals surface area contributed by atoms with Crippen LogP contribution in [0.2, 0.25) is 0 Å². The highest BCUT2D eigenvalue weighted by Gasteiger charge is 2.24. The van der Waals surface area contributed by atoms with Crippen LogP contribution >= 0.6 is 0 Å². The molecule has 2 nitrogen and oxygen atoms in total. The van der Waals surface area contributed by atoms with Crippen molar-refractivity contribution in [1.82, 2.24) is 0 Å². The Morgan fingerprint density at radius 1 is 1.18 bits per heavy atom. The molecule has 0 radical (unpaired) electrons. The van der Waals surface area contributed by atoms with Crippen LogP contribution in [0.5, 0.6) is 0 Å². The molecular weight excluding hydrogens is 277 g/mol. The summed E-state index contributed by atoms with van der Waals surface area (Å²) >= 11 is 0. The Morgan fingerprint density at radius 2 is 1.95 bits per heavy atom. The smallest absolute Gasteiger partial charge is 0.142 e. The van der Waals surface area contributed by atoms with E-state index in [4.69, 9.17) is 4.84 Å². The Morgan fingerprint density at radius 3 is 2.64 bits per heavy atom. The lowest BCUT2D eigenvalue weighted by atomic mass is 10.0. The van der Waals surface area contributed by atoms with Gasteiger partial charge in [0.05, 0.1) is 5.71 Å². The Balaban J connectivity index is 1.73. The van der Waals surface area contributed by atoms with Gasteiger partial charge in [0.15, 0.2) is 0 Å². The molecule has 1 aliphatic carbocycles. The lowest BCUT2D eigenvalue weighted by Gasteiger charge is -2.08. The van der Waals surface area contributed by atoms with Gasteiger partial charge in [-0.3, -0.25) is 0 Å². The molecule has 0 atom stereocenters. The number of halogens is 1. The molecule has 1 fully saturated rings. The predicted octanol–water partition coefficient (Wildman–Crippen LogP) is 4.86. The molecule has 114 valence electrons. The van der Waals surface area contributed by atoms with Gasteiger partial charge >= 0.3 is 0 Å². The van der Waals surface area contributed by atoms with Crippen LogP contribution in [0.3, 0.4) is 0 Å². The first-order chi connectivity index (χ1) is 10.7. The monoisotopic (exact) mass is 297 g/mol. The molecule has 0 bridgehead atoms. The van der Waals surface area contributed by atoms with E-state index in [9.17, 15) is 4.39 Å². The Bertz CT molecular complexity index is 662. The summed E-state index contributed by atoms with van der Waals surface area (Å²) < 4.78 is 13.8. The number of hydrogen-bond donors (Lipinski definition) is 0.